The molecule has 0 aliphatic carbocycles. The Morgan fingerprint density at radius 2 is 2.05 bits per heavy atom. The van der Waals surface area contributed by atoms with E-state index in [9.17, 15) is 5.11 Å². The van der Waals surface area contributed by atoms with E-state index in [1.807, 2.05) is 6.07 Å². The van der Waals surface area contributed by atoms with Crippen LogP contribution in [0.3, 0.4) is 0 Å². The van der Waals surface area contributed by atoms with Gasteiger partial charge in [0.2, 0.25) is 0 Å². The number of benzene rings is 1. The molecular formula is C16H13N5O. The van der Waals surface area contributed by atoms with E-state index in [0.717, 1.165) is 5.69 Å². The van der Waals surface area contributed by atoms with Crippen LogP contribution in [-0.2, 0) is 0 Å². The predicted molar refractivity (Wildman–Crippen MR) is 82.7 cm³/mol. The molecule has 2 heterocycles. The summed E-state index contributed by atoms with van der Waals surface area (Å²) in [7, 11) is 1.77. The predicted octanol–water partition coefficient (Wildman–Crippen LogP) is 2.55. The summed E-state index contributed by atoms with van der Waals surface area (Å²) in [6, 6.07) is 12.6. The first-order valence-electron chi connectivity index (χ1n) is 6.64. The summed E-state index contributed by atoms with van der Waals surface area (Å²) in [6.45, 7) is 0. The first-order valence-corrected chi connectivity index (χ1v) is 6.64. The van der Waals surface area contributed by atoms with Crippen molar-refractivity contribution in [3.05, 3.63) is 54.4 Å². The summed E-state index contributed by atoms with van der Waals surface area (Å²) in [6.07, 6.45) is 3.48. The average molecular weight is 291 g/mol. The average Bonchev–Trinajstić information content (AvgIpc) is 3.04. The minimum atomic E-state index is 0.108. The van der Waals surface area contributed by atoms with Crippen LogP contribution in [0.5, 0.6) is 5.75 Å². The summed E-state index contributed by atoms with van der Waals surface area (Å²) < 4.78 is 1.78. The molecule has 1 aromatic carbocycles. The van der Waals surface area contributed by atoms with Gasteiger partial charge in [0.1, 0.15) is 17.6 Å². The lowest BCUT2D eigenvalue weighted by Gasteiger charge is -2.08. The van der Waals surface area contributed by atoms with Gasteiger partial charge in [0.15, 0.2) is 0 Å². The van der Waals surface area contributed by atoms with Crippen molar-refractivity contribution in [3.63, 3.8) is 0 Å². The highest BCUT2D eigenvalue weighted by molar-refractivity contribution is 5.69. The van der Waals surface area contributed by atoms with E-state index in [1.165, 1.54) is 0 Å². The molecule has 0 atom stereocenters. The number of anilines is 1. The van der Waals surface area contributed by atoms with Crippen LogP contribution in [0.1, 0.15) is 5.56 Å². The summed E-state index contributed by atoms with van der Waals surface area (Å²) >= 11 is 0. The van der Waals surface area contributed by atoms with Gasteiger partial charge >= 0.3 is 0 Å². The fourth-order valence-electron chi connectivity index (χ4n) is 2.13. The maximum Gasteiger partial charge on any atom is 0.148 e. The van der Waals surface area contributed by atoms with E-state index < -0.39 is 0 Å². The third kappa shape index (κ3) is 2.47. The zero-order valence-corrected chi connectivity index (χ0v) is 11.9. The van der Waals surface area contributed by atoms with Gasteiger partial charge in [-0.2, -0.15) is 5.26 Å². The molecule has 2 N–H and O–H groups in total. The smallest absolute Gasteiger partial charge is 0.148 e. The fourth-order valence-corrected chi connectivity index (χ4v) is 2.13. The normalized spacial score (nSPS) is 10.2. The first kappa shape index (κ1) is 13.6. The largest absolute Gasteiger partial charge is 0.507 e. The van der Waals surface area contributed by atoms with Crippen molar-refractivity contribution >= 4 is 5.82 Å². The lowest BCUT2D eigenvalue weighted by Crippen LogP contribution is -1.96. The third-order valence-corrected chi connectivity index (χ3v) is 3.30. The zero-order chi connectivity index (χ0) is 15.5. The Morgan fingerprint density at radius 3 is 2.64 bits per heavy atom. The molecule has 0 saturated heterocycles. The van der Waals surface area contributed by atoms with Crippen molar-refractivity contribution in [1.29, 1.82) is 5.26 Å². The Balaban J connectivity index is 1.96. The van der Waals surface area contributed by atoms with Crippen LogP contribution in [0.25, 0.3) is 16.9 Å². The lowest BCUT2D eigenvalue weighted by molar-refractivity contribution is 0.476. The molecule has 0 aliphatic heterocycles. The molecule has 6 nitrogen and oxygen atoms in total. The summed E-state index contributed by atoms with van der Waals surface area (Å²) in [4.78, 5) is 0. The van der Waals surface area contributed by atoms with Crippen molar-refractivity contribution in [2.45, 2.75) is 0 Å². The van der Waals surface area contributed by atoms with Gasteiger partial charge in [0.25, 0.3) is 0 Å². The molecule has 3 aromatic rings. The quantitative estimate of drug-likeness (QED) is 0.774. The van der Waals surface area contributed by atoms with Gasteiger partial charge in [-0.3, -0.25) is 0 Å². The summed E-state index contributed by atoms with van der Waals surface area (Å²) in [5.74, 6) is 0.771. The lowest BCUT2D eigenvalue weighted by atomic mass is 10.1. The van der Waals surface area contributed by atoms with E-state index in [2.05, 4.69) is 21.6 Å². The highest BCUT2D eigenvalue weighted by Crippen LogP contribution is 2.29. The molecule has 0 spiro atoms. The molecule has 0 radical (unpaired) electrons. The SMILES string of the molecule is CNc1ccc(-c2ccc(-n3ccc(C#N)c3)cc2O)nn1. The standard InChI is InChI=1S/C16H13N5O/c1-18-16-5-4-14(19-20-16)13-3-2-12(8-15(13)22)21-7-6-11(9-17)10-21/h2-8,10,22H,1H3,(H,18,20). The minimum absolute atomic E-state index is 0.108. The summed E-state index contributed by atoms with van der Waals surface area (Å²) in [5.41, 5.74) is 2.53. The molecule has 3 rings (SSSR count). The Kier molecular flexibility index (Phi) is 3.46. The second kappa shape index (κ2) is 5.58. The van der Waals surface area contributed by atoms with E-state index in [4.69, 9.17) is 5.26 Å². The highest BCUT2D eigenvalue weighted by atomic mass is 16.3. The molecule has 0 aliphatic rings. The van der Waals surface area contributed by atoms with Crippen molar-refractivity contribution < 1.29 is 5.11 Å². The van der Waals surface area contributed by atoms with Gasteiger partial charge in [-0.25, -0.2) is 0 Å². The van der Waals surface area contributed by atoms with Crippen LogP contribution in [0, 0.1) is 11.3 Å². The fraction of sp³-hybridized carbons (Fsp3) is 0.0625. The number of nitrogens with one attached hydrogen (secondary N) is 1. The first-order chi connectivity index (χ1) is 10.7. The van der Waals surface area contributed by atoms with Gasteiger partial charge in [-0.05, 0) is 30.3 Å². The number of rotatable bonds is 3. The molecule has 2 aromatic heterocycles. The number of aromatic nitrogens is 3. The topological polar surface area (TPSA) is 86.8 Å². The molecule has 6 heteroatoms. The van der Waals surface area contributed by atoms with Crippen LogP contribution in [0.15, 0.2) is 48.8 Å². The number of hydrogen-bond donors (Lipinski definition) is 2. The summed E-state index contributed by atoms with van der Waals surface area (Å²) in [5, 5.41) is 30.1. The van der Waals surface area contributed by atoms with Crippen LogP contribution in [-0.4, -0.2) is 26.9 Å². The van der Waals surface area contributed by atoms with Crippen LogP contribution >= 0.6 is 0 Å². The monoisotopic (exact) mass is 291 g/mol. The zero-order valence-electron chi connectivity index (χ0n) is 11.9. The Hall–Kier alpha value is -3.33. The minimum Gasteiger partial charge on any atom is -0.507 e. The molecule has 0 unspecified atom stereocenters. The number of nitriles is 1. The molecule has 108 valence electrons. The van der Waals surface area contributed by atoms with Gasteiger partial charge in [-0.1, -0.05) is 0 Å². The van der Waals surface area contributed by atoms with Crippen molar-refractivity contribution in [2.75, 3.05) is 12.4 Å². The Labute approximate surface area is 127 Å². The molecular weight excluding hydrogens is 278 g/mol. The molecule has 22 heavy (non-hydrogen) atoms. The Morgan fingerprint density at radius 1 is 1.18 bits per heavy atom. The van der Waals surface area contributed by atoms with E-state index in [-0.39, 0.29) is 5.75 Å². The number of phenolic OH excluding ortho intramolecular Hbond substituents is 1. The number of nitrogens with zero attached hydrogens (tertiary/aromatic N) is 4. The van der Waals surface area contributed by atoms with Crippen LogP contribution in [0.2, 0.25) is 0 Å². The molecule has 0 saturated carbocycles. The van der Waals surface area contributed by atoms with Crippen molar-refractivity contribution in [3.8, 4) is 28.8 Å². The Bertz CT molecular complexity index is 846. The number of hydrogen-bond acceptors (Lipinski definition) is 5. The van der Waals surface area contributed by atoms with Gasteiger partial charge < -0.3 is 15.0 Å². The van der Waals surface area contributed by atoms with Crippen LogP contribution < -0.4 is 5.32 Å². The molecule has 0 amide bonds. The maximum absolute atomic E-state index is 10.2. The highest BCUT2D eigenvalue weighted by Gasteiger charge is 2.08. The molecule has 0 fully saturated rings. The van der Waals surface area contributed by atoms with Crippen molar-refractivity contribution in [2.24, 2.45) is 0 Å². The van der Waals surface area contributed by atoms with Crippen LogP contribution in [0.4, 0.5) is 5.82 Å². The second-order valence-electron chi connectivity index (χ2n) is 4.67. The van der Waals surface area contributed by atoms with Crippen molar-refractivity contribution in [1.82, 2.24) is 14.8 Å². The van der Waals surface area contributed by atoms with E-state index in [1.54, 1.807) is 54.3 Å². The maximum atomic E-state index is 10.2. The van der Waals surface area contributed by atoms with Gasteiger partial charge in [0, 0.05) is 36.8 Å². The number of aromatic hydroxyl groups is 1. The van der Waals surface area contributed by atoms with E-state index >= 15 is 0 Å². The van der Waals surface area contributed by atoms with E-state index in [0.29, 0.717) is 22.6 Å². The third-order valence-electron chi connectivity index (χ3n) is 3.30. The molecule has 0 bridgehead atoms. The van der Waals surface area contributed by atoms with Gasteiger partial charge in [0.05, 0.1) is 11.3 Å². The number of phenols is 1. The van der Waals surface area contributed by atoms with Gasteiger partial charge in [-0.15, -0.1) is 10.2 Å². The second-order valence-corrected chi connectivity index (χ2v) is 4.67.